The Balaban J connectivity index is 2.52. The first-order valence-corrected chi connectivity index (χ1v) is 6.02. The summed E-state index contributed by atoms with van der Waals surface area (Å²) in [5.74, 6) is -0.987. The third-order valence-electron chi connectivity index (χ3n) is 3.32. The summed E-state index contributed by atoms with van der Waals surface area (Å²) in [5, 5.41) is 9.52. The van der Waals surface area contributed by atoms with Gasteiger partial charge in [-0.25, -0.2) is 0 Å². The standard InChI is InChI=1S/C14H14F3NO2/c1-13(2,12(19)20)6-8-7-18-11-9(8)4-3-5-10(11)14(15,16)17/h3-5,7,18H,6H2,1-2H3,(H,19,20). The number of carboxylic acids is 1. The molecule has 0 radical (unpaired) electrons. The molecule has 1 aromatic carbocycles. The van der Waals surface area contributed by atoms with E-state index in [1.54, 1.807) is 19.9 Å². The quantitative estimate of drug-likeness (QED) is 0.900. The van der Waals surface area contributed by atoms with Crippen molar-refractivity contribution in [2.45, 2.75) is 26.4 Å². The molecule has 2 N–H and O–H groups in total. The number of aromatic nitrogens is 1. The van der Waals surface area contributed by atoms with Crippen molar-refractivity contribution in [3.63, 3.8) is 0 Å². The van der Waals surface area contributed by atoms with Crippen molar-refractivity contribution in [3.8, 4) is 0 Å². The number of nitrogens with one attached hydrogen (secondary N) is 1. The van der Waals surface area contributed by atoms with E-state index in [2.05, 4.69) is 4.98 Å². The first-order valence-electron chi connectivity index (χ1n) is 6.02. The molecule has 0 saturated heterocycles. The summed E-state index contributed by atoms with van der Waals surface area (Å²) in [7, 11) is 0. The molecule has 0 unspecified atom stereocenters. The van der Waals surface area contributed by atoms with Gasteiger partial charge < -0.3 is 10.1 Å². The van der Waals surface area contributed by atoms with E-state index in [1.165, 1.54) is 12.3 Å². The fourth-order valence-electron chi connectivity index (χ4n) is 2.15. The Labute approximate surface area is 113 Å². The largest absolute Gasteiger partial charge is 0.481 e. The van der Waals surface area contributed by atoms with Gasteiger partial charge >= 0.3 is 12.1 Å². The third-order valence-corrected chi connectivity index (χ3v) is 3.32. The Bertz CT molecular complexity index is 656. The summed E-state index contributed by atoms with van der Waals surface area (Å²) in [5.41, 5.74) is -1.22. The molecule has 3 nitrogen and oxygen atoms in total. The second-order valence-electron chi connectivity index (χ2n) is 5.41. The number of aliphatic carboxylic acids is 1. The van der Waals surface area contributed by atoms with Crippen LogP contribution in [0, 0.1) is 5.41 Å². The lowest BCUT2D eigenvalue weighted by Crippen LogP contribution is -2.26. The number of carbonyl (C=O) groups is 1. The lowest BCUT2D eigenvalue weighted by Gasteiger charge is -2.18. The molecule has 0 aliphatic carbocycles. The lowest BCUT2D eigenvalue weighted by atomic mass is 9.86. The van der Waals surface area contributed by atoms with Crippen LogP contribution in [0.25, 0.3) is 10.9 Å². The predicted octanol–water partition coefficient (Wildman–Crippen LogP) is 3.84. The number of halogens is 3. The maximum Gasteiger partial charge on any atom is 0.418 e. The predicted molar refractivity (Wildman–Crippen MR) is 68.4 cm³/mol. The van der Waals surface area contributed by atoms with Gasteiger partial charge in [0, 0.05) is 11.6 Å². The number of carboxylic acid groups (broad SMARTS) is 1. The highest BCUT2D eigenvalue weighted by atomic mass is 19.4. The Morgan fingerprint density at radius 1 is 1.30 bits per heavy atom. The van der Waals surface area contributed by atoms with E-state index < -0.39 is 23.1 Å². The molecule has 0 aliphatic rings. The molecule has 0 spiro atoms. The van der Waals surface area contributed by atoms with Crippen molar-refractivity contribution in [1.82, 2.24) is 4.98 Å². The zero-order valence-electron chi connectivity index (χ0n) is 11.0. The molecule has 0 atom stereocenters. The Kier molecular flexibility index (Phi) is 3.28. The van der Waals surface area contributed by atoms with E-state index in [4.69, 9.17) is 5.11 Å². The Hall–Kier alpha value is -1.98. The summed E-state index contributed by atoms with van der Waals surface area (Å²) in [4.78, 5) is 13.7. The van der Waals surface area contributed by atoms with Crippen LogP contribution in [-0.2, 0) is 17.4 Å². The number of para-hydroxylation sites is 1. The average Bonchev–Trinajstić information content (AvgIpc) is 2.70. The van der Waals surface area contributed by atoms with Crippen LogP contribution < -0.4 is 0 Å². The van der Waals surface area contributed by atoms with Crippen LogP contribution in [0.15, 0.2) is 24.4 Å². The van der Waals surface area contributed by atoms with Crippen molar-refractivity contribution in [3.05, 3.63) is 35.5 Å². The zero-order chi connectivity index (χ0) is 15.1. The fourth-order valence-corrected chi connectivity index (χ4v) is 2.15. The van der Waals surface area contributed by atoms with Crippen LogP contribution in [-0.4, -0.2) is 16.1 Å². The number of aromatic amines is 1. The van der Waals surface area contributed by atoms with Gasteiger partial charge in [0.2, 0.25) is 0 Å². The minimum atomic E-state index is -4.44. The van der Waals surface area contributed by atoms with Gasteiger partial charge in [0.05, 0.1) is 16.5 Å². The van der Waals surface area contributed by atoms with Crippen LogP contribution in [0.4, 0.5) is 13.2 Å². The van der Waals surface area contributed by atoms with Crippen LogP contribution >= 0.6 is 0 Å². The molecule has 20 heavy (non-hydrogen) atoms. The fraction of sp³-hybridized carbons (Fsp3) is 0.357. The number of alkyl halides is 3. The SMILES string of the molecule is CC(C)(Cc1c[nH]c2c(C(F)(F)F)cccc12)C(=O)O. The highest BCUT2D eigenvalue weighted by Crippen LogP contribution is 2.36. The van der Waals surface area contributed by atoms with Gasteiger partial charge in [0.15, 0.2) is 0 Å². The van der Waals surface area contributed by atoms with Crippen LogP contribution in [0.2, 0.25) is 0 Å². The molecule has 0 fully saturated rings. The normalized spacial score (nSPS) is 12.8. The van der Waals surface area contributed by atoms with Gasteiger partial charge in [0.25, 0.3) is 0 Å². The van der Waals surface area contributed by atoms with Crippen LogP contribution in [0.1, 0.15) is 25.0 Å². The highest BCUT2D eigenvalue weighted by Gasteiger charge is 2.34. The van der Waals surface area contributed by atoms with Gasteiger partial charge in [-0.3, -0.25) is 4.79 Å². The highest BCUT2D eigenvalue weighted by molar-refractivity contribution is 5.87. The van der Waals surface area contributed by atoms with E-state index in [0.717, 1.165) is 6.07 Å². The summed E-state index contributed by atoms with van der Waals surface area (Å²) in [6.07, 6.45) is -2.84. The van der Waals surface area contributed by atoms with Crippen molar-refractivity contribution in [2.75, 3.05) is 0 Å². The Morgan fingerprint density at radius 3 is 2.50 bits per heavy atom. The van der Waals surface area contributed by atoms with Crippen LogP contribution in [0.3, 0.4) is 0 Å². The first kappa shape index (κ1) is 14.4. The molecule has 1 heterocycles. The molecule has 2 rings (SSSR count). The van der Waals surface area contributed by atoms with Gasteiger partial charge in [-0.15, -0.1) is 0 Å². The number of fused-ring (bicyclic) bond motifs is 1. The Morgan fingerprint density at radius 2 is 1.95 bits per heavy atom. The maximum atomic E-state index is 12.9. The molecular formula is C14H14F3NO2. The van der Waals surface area contributed by atoms with Crippen LogP contribution in [0.5, 0.6) is 0 Å². The van der Waals surface area contributed by atoms with E-state index >= 15 is 0 Å². The average molecular weight is 285 g/mol. The number of hydrogen-bond acceptors (Lipinski definition) is 1. The minimum Gasteiger partial charge on any atom is -0.481 e. The molecule has 108 valence electrons. The molecule has 0 saturated carbocycles. The summed E-state index contributed by atoms with van der Waals surface area (Å²) < 4.78 is 38.6. The topological polar surface area (TPSA) is 53.1 Å². The van der Waals surface area contributed by atoms with Gasteiger partial charge in [-0.2, -0.15) is 13.2 Å². The molecule has 6 heteroatoms. The van der Waals surface area contributed by atoms with Crippen molar-refractivity contribution < 1.29 is 23.1 Å². The monoisotopic (exact) mass is 285 g/mol. The van der Waals surface area contributed by atoms with Gasteiger partial charge in [-0.05, 0) is 31.9 Å². The smallest absolute Gasteiger partial charge is 0.418 e. The number of rotatable bonds is 3. The van der Waals surface area contributed by atoms with E-state index in [0.29, 0.717) is 10.9 Å². The molecule has 0 amide bonds. The lowest BCUT2D eigenvalue weighted by molar-refractivity contribution is -0.146. The van der Waals surface area contributed by atoms with Crippen molar-refractivity contribution in [1.29, 1.82) is 0 Å². The molecule has 0 bridgehead atoms. The molecule has 2 aromatic rings. The van der Waals surface area contributed by atoms with Crippen molar-refractivity contribution >= 4 is 16.9 Å². The number of H-pyrrole nitrogens is 1. The second kappa shape index (κ2) is 4.54. The van der Waals surface area contributed by atoms with E-state index in [-0.39, 0.29) is 11.9 Å². The van der Waals surface area contributed by atoms with Gasteiger partial charge in [0.1, 0.15) is 0 Å². The second-order valence-corrected chi connectivity index (χ2v) is 5.41. The number of benzene rings is 1. The van der Waals surface area contributed by atoms with Gasteiger partial charge in [-0.1, -0.05) is 12.1 Å². The summed E-state index contributed by atoms with van der Waals surface area (Å²) in [6, 6.07) is 3.90. The molecular weight excluding hydrogens is 271 g/mol. The number of hydrogen-bond donors (Lipinski definition) is 2. The third kappa shape index (κ3) is 2.50. The zero-order valence-corrected chi connectivity index (χ0v) is 11.0. The summed E-state index contributed by atoms with van der Waals surface area (Å²) in [6.45, 7) is 3.09. The first-order chi connectivity index (χ1) is 9.13. The van der Waals surface area contributed by atoms with E-state index in [1.807, 2.05) is 0 Å². The maximum absolute atomic E-state index is 12.9. The minimum absolute atomic E-state index is 0.00353. The van der Waals surface area contributed by atoms with E-state index in [9.17, 15) is 18.0 Å². The summed E-state index contributed by atoms with van der Waals surface area (Å²) >= 11 is 0. The molecule has 1 aromatic heterocycles. The van der Waals surface area contributed by atoms with Crippen molar-refractivity contribution in [2.24, 2.45) is 5.41 Å². The molecule has 0 aliphatic heterocycles.